The summed E-state index contributed by atoms with van der Waals surface area (Å²) in [5.74, 6) is -0.986. The predicted octanol–water partition coefficient (Wildman–Crippen LogP) is 1.12. The van der Waals surface area contributed by atoms with Gasteiger partial charge in [-0.3, -0.25) is 10.1 Å². The zero-order valence-corrected chi connectivity index (χ0v) is 12.6. The molecule has 8 nitrogen and oxygen atoms in total. The van der Waals surface area contributed by atoms with E-state index in [9.17, 15) is 14.4 Å². The number of aliphatic carboxylic acids is 1. The SMILES string of the molecule is CCOc1cc(/C=C2\NC(=O)NC2=O)ccc1OC(C)C(=O)O. The smallest absolute Gasteiger partial charge is 0.344 e. The van der Waals surface area contributed by atoms with E-state index in [0.717, 1.165) is 0 Å². The van der Waals surface area contributed by atoms with Gasteiger partial charge >= 0.3 is 12.0 Å². The highest BCUT2D eigenvalue weighted by Crippen LogP contribution is 2.30. The van der Waals surface area contributed by atoms with Gasteiger partial charge in [0.15, 0.2) is 17.6 Å². The highest BCUT2D eigenvalue weighted by Gasteiger charge is 2.23. The van der Waals surface area contributed by atoms with Crippen molar-refractivity contribution in [1.82, 2.24) is 10.6 Å². The van der Waals surface area contributed by atoms with Crippen molar-refractivity contribution in [3.8, 4) is 11.5 Å². The summed E-state index contributed by atoms with van der Waals surface area (Å²) >= 11 is 0. The zero-order valence-electron chi connectivity index (χ0n) is 12.6. The molecule has 122 valence electrons. The number of hydrogen-bond donors (Lipinski definition) is 3. The molecule has 2 rings (SSSR count). The molecule has 1 heterocycles. The first-order chi connectivity index (χ1) is 10.9. The topological polar surface area (TPSA) is 114 Å². The fourth-order valence-corrected chi connectivity index (χ4v) is 1.87. The lowest BCUT2D eigenvalue weighted by Gasteiger charge is -2.15. The van der Waals surface area contributed by atoms with Gasteiger partial charge in [-0.2, -0.15) is 0 Å². The van der Waals surface area contributed by atoms with E-state index in [1.54, 1.807) is 25.1 Å². The molecule has 3 N–H and O–H groups in total. The van der Waals surface area contributed by atoms with Gasteiger partial charge in [0.05, 0.1) is 6.61 Å². The van der Waals surface area contributed by atoms with E-state index >= 15 is 0 Å². The second-order valence-corrected chi connectivity index (χ2v) is 4.70. The minimum absolute atomic E-state index is 0.116. The van der Waals surface area contributed by atoms with E-state index in [0.29, 0.717) is 17.9 Å². The van der Waals surface area contributed by atoms with Gasteiger partial charge in [0, 0.05) is 0 Å². The fourth-order valence-electron chi connectivity index (χ4n) is 1.87. The van der Waals surface area contributed by atoms with Crippen LogP contribution in [0.2, 0.25) is 0 Å². The Bertz CT molecular complexity index is 683. The first-order valence-corrected chi connectivity index (χ1v) is 6.91. The van der Waals surface area contributed by atoms with Crippen LogP contribution in [0.5, 0.6) is 11.5 Å². The summed E-state index contributed by atoms with van der Waals surface area (Å²) in [6.45, 7) is 3.54. The lowest BCUT2D eigenvalue weighted by Crippen LogP contribution is -2.23. The lowest BCUT2D eigenvalue weighted by molar-refractivity contribution is -0.144. The predicted molar refractivity (Wildman–Crippen MR) is 80.0 cm³/mol. The van der Waals surface area contributed by atoms with Crippen molar-refractivity contribution in [2.24, 2.45) is 0 Å². The van der Waals surface area contributed by atoms with Crippen LogP contribution in [0.4, 0.5) is 4.79 Å². The quantitative estimate of drug-likeness (QED) is 0.534. The number of carbonyl (C=O) groups is 3. The number of ether oxygens (including phenoxy) is 2. The molecule has 1 aliphatic heterocycles. The molecule has 8 heteroatoms. The summed E-state index contributed by atoms with van der Waals surface area (Å²) in [5, 5.41) is 13.4. The van der Waals surface area contributed by atoms with Gasteiger partial charge in [0.1, 0.15) is 5.70 Å². The zero-order chi connectivity index (χ0) is 17.0. The van der Waals surface area contributed by atoms with Crippen molar-refractivity contribution in [3.05, 3.63) is 29.5 Å². The van der Waals surface area contributed by atoms with Crippen LogP contribution >= 0.6 is 0 Å². The molecule has 3 amide bonds. The van der Waals surface area contributed by atoms with Crippen molar-refractivity contribution in [1.29, 1.82) is 0 Å². The normalized spacial score (nSPS) is 16.7. The summed E-state index contributed by atoms with van der Waals surface area (Å²) in [6.07, 6.45) is 0.450. The van der Waals surface area contributed by atoms with Crippen molar-refractivity contribution in [3.63, 3.8) is 0 Å². The van der Waals surface area contributed by atoms with E-state index in [4.69, 9.17) is 14.6 Å². The standard InChI is InChI=1S/C15H16N2O6/c1-3-22-12-7-9(6-10-13(18)17-15(21)16-10)4-5-11(12)23-8(2)14(19)20/h4-8H,3H2,1-2H3,(H,19,20)(H2,16,17,18,21)/b10-6-. The second kappa shape index (κ2) is 6.82. The maximum absolute atomic E-state index is 11.5. The van der Waals surface area contributed by atoms with Crippen molar-refractivity contribution in [2.75, 3.05) is 6.61 Å². The molecule has 1 aromatic rings. The molecular weight excluding hydrogens is 304 g/mol. The molecule has 0 radical (unpaired) electrons. The molecule has 0 bridgehead atoms. The minimum Gasteiger partial charge on any atom is -0.490 e. The van der Waals surface area contributed by atoms with Crippen LogP contribution in [0, 0.1) is 0 Å². The number of imide groups is 1. The summed E-state index contributed by atoms with van der Waals surface area (Å²) in [6, 6.07) is 4.18. The van der Waals surface area contributed by atoms with Crippen LogP contribution in [0.3, 0.4) is 0 Å². The third kappa shape index (κ3) is 4.00. The van der Waals surface area contributed by atoms with Gasteiger partial charge in [0.25, 0.3) is 5.91 Å². The molecular formula is C15H16N2O6. The summed E-state index contributed by atoms with van der Waals surface area (Å²) in [4.78, 5) is 33.5. The number of nitrogens with one attached hydrogen (secondary N) is 2. The number of hydrogen-bond acceptors (Lipinski definition) is 5. The fraction of sp³-hybridized carbons (Fsp3) is 0.267. The number of rotatable bonds is 6. The van der Waals surface area contributed by atoms with E-state index in [2.05, 4.69) is 10.6 Å². The molecule has 23 heavy (non-hydrogen) atoms. The van der Waals surface area contributed by atoms with Crippen LogP contribution in [-0.4, -0.2) is 35.7 Å². The Hall–Kier alpha value is -3.03. The van der Waals surface area contributed by atoms with Crippen LogP contribution in [0.15, 0.2) is 23.9 Å². The number of urea groups is 1. The van der Waals surface area contributed by atoms with Gasteiger partial charge in [-0.15, -0.1) is 0 Å². The second-order valence-electron chi connectivity index (χ2n) is 4.70. The Kier molecular flexibility index (Phi) is 4.85. The maximum atomic E-state index is 11.5. The number of carboxylic acids is 1. The van der Waals surface area contributed by atoms with Crippen LogP contribution in [-0.2, 0) is 9.59 Å². The van der Waals surface area contributed by atoms with E-state index in [1.165, 1.54) is 13.0 Å². The highest BCUT2D eigenvalue weighted by atomic mass is 16.5. The molecule has 1 aromatic carbocycles. The Morgan fingerprint density at radius 1 is 1.30 bits per heavy atom. The average molecular weight is 320 g/mol. The van der Waals surface area contributed by atoms with Gasteiger partial charge in [0.2, 0.25) is 0 Å². The number of benzene rings is 1. The first kappa shape index (κ1) is 16.3. The highest BCUT2D eigenvalue weighted by molar-refractivity contribution is 6.14. The Morgan fingerprint density at radius 2 is 2.04 bits per heavy atom. The first-order valence-electron chi connectivity index (χ1n) is 6.91. The molecule has 0 aromatic heterocycles. The van der Waals surface area contributed by atoms with E-state index < -0.39 is 24.0 Å². The lowest BCUT2D eigenvalue weighted by atomic mass is 10.1. The monoisotopic (exact) mass is 320 g/mol. The number of amides is 3. The summed E-state index contributed by atoms with van der Waals surface area (Å²) < 4.78 is 10.8. The van der Waals surface area contributed by atoms with Gasteiger partial charge in [-0.05, 0) is 37.6 Å². The number of carbonyl (C=O) groups excluding carboxylic acids is 2. The van der Waals surface area contributed by atoms with Crippen LogP contribution in [0.25, 0.3) is 6.08 Å². The molecule has 1 saturated heterocycles. The summed E-state index contributed by atoms with van der Waals surface area (Å²) in [5.41, 5.74) is 0.709. The van der Waals surface area contributed by atoms with Crippen LogP contribution < -0.4 is 20.1 Å². The van der Waals surface area contributed by atoms with Gasteiger partial charge < -0.3 is 19.9 Å². The Morgan fingerprint density at radius 3 is 2.61 bits per heavy atom. The maximum Gasteiger partial charge on any atom is 0.344 e. The van der Waals surface area contributed by atoms with E-state index in [-0.39, 0.29) is 11.4 Å². The molecule has 1 aliphatic rings. The third-order valence-electron chi connectivity index (χ3n) is 2.95. The minimum atomic E-state index is -1.09. The third-order valence-corrected chi connectivity index (χ3v) is 2.95. The Labute approximate surface area is 132 Å². The number of carboxylic acid groups (broad SMARTS) is 1. The Balaban J connectivity index is 2.28. The van der Waals surface area contributed by atoms with Gasteiger partial charge in [-0.25, -0.2) is 9.59 Å². The van der Waals surface area contributed by atoms with Crippen molar-refractivity contribution in [2.45, 2.75) is 20.0 Å². The largest absolute Gasteiger partial charge is 0.490 e. The van der Waals surface area contributed by atoms with Crippen molar-refractivity contribution >= 4 is 24.0 Å². The van der Waals surface area contributed by atoms with Crippen LogP contribution in [0.1, 0.15) is 19.4 Å². The average Bonchev–Trinajstić information content (AvgIpc) is 2.79. The van der Waals surface area contributed by atoms with E-state index in [1.807, 2.05) is 0 Å². The van der Waals surface area contributed by atoms with Crippen molar-refractivity contribution < 1.29 is 29.0 Å². The molecule has 1 atom stereocenters. The molecule has 1 unspecified atom stereocenters. The molecule has 0 spiro atoms. The molecule has 1 fully saturated rings. The summed E-state index contributed by atoms with van der Waals surface area (Å²) in [7, 11) is 0. The molecule has 0 aliphatic carbocycles. The molecule has 0 saturated carbocycles. The van der Waals surface area contributed by atoms with Gasteiger partial charge in [-0.1, -0.05) is 6.07 Å².